The maximum Gasteiger partial charge on any atom is 0.288 e. The maximum absolute atomic E-state index is 11.6. The second kappa shape index (κ2) is 4.43. The Hall–Kier alpha value is -2.29. The van der Waals surface area contributed by atoms with Crippen molar-refractivity contribution >= 4 is 15.5 Å². The van der Waals surface area contributed by atoms with Crippen LogP contribution in [-0.2, 0) is 16.9 Å². The van der Waals surface area contributed by atoms with Gasteiger partial charge in [0, 0.05) is 24.9 Å². The van der Waals surface area contributed by atoms with Gasteiger partial charge in [-0.1, -0.05) is 0 Å². The number of nitrogens with zero attached hydrogens (tertiary/aromatic N) is 4. The fourth-order valence-electron chi connectivity index (χ4n) is 1.57. The van der Waals surface area contributed by atoms with E-state index < -0.39 is 20.4 Å². The zero-order valence-electron chi connectivity index (χ0n) is 10.1. The van der Waals surface area contributed by atoms with Crippen molar-refractivity contribution in [2.45, 2.75) is 4.90 Å². The maximum atomic E-state index is 11.6. The van der Waals surface area contributed by atoms with Crippen LogP contribution in [0, 0.1) is 10.1 Å². The molecule has 1 aromatic carbocycles. The highest BCUT2D eigenvalue weighted by atomic mass is 32.2. The van der Waals surface area contributed by atoms with Gasteiger partial charge in [-0.3, -0.25) is 14.8 Å². The lowest BCUT2D eigenvalue weighted by Gasteiger charge is -2.02. The Balaban J connectivity index is 2.66. The third kappa shape index (κ3) is 2.60. The number of aromatic nitrogens is 3. The number of aryl methyl sites for hydroxylation is 1. The van der Waals surface area contributed by atoms with Gasteiger partial charge in [0.2, 0.25) is 0 Å². The van der Waals surface area contributed by atoms with Gasteiger partial charge in [-0.2, -0.15) is 5.10 Å². The highest BCUT2D eigenvalue weighted by molar-refractivity contribution is 7.90. The molecular weight excluding hydrogens is 272 g/mol. The van der Waals surface area contributed by atoms with Crippen LogP contribution in [0.3, 0.4) is 0 Å². The standard InChI is InChI=1S/C10H10N4O4S/c1-13-6-11-10(12-13)7-3-4-8(14(15)16)9(5-7)19(2,17)18/h3-6H,1-2H3. The zero-order chi connectivity index (χ0) is 14.2. The molecule has 0 spiro atoms. The topological polar surface area (TPSA) is 108 Å². The fourth-order valence-corrected chi connectivity index (χ4v) is 2.44. The Morgan fingerprint density at radius 1 is 1.37 bits per heavy atom. The summed E-state index contributed by atoms with van der Waals surface area (Å²) in [7, 11) is -2.04. The van der Waals surface area contributed by atoms with Gasteiger partial charge in [-0.25, -0.2) is 13.4 Å². The summed E-state index contributed by atoms with van der Waals surface area (Å²) in [6.07, 6.45) is 2.38. The molecule has 0 unspecified atom stereocenters. The first kappa shape index (κ1) is 13.1. The lowest BCUT2D eigenvalue weighted by atomic mass is 10.2. The van der Waals surface area contributed by atoms with Crippen molar-refractivity contribution in [3.63, 3.8) is 0 Å². The molecule has 0 aliphatic rings. The summed E-state index contributed by atoms with van der Waals surface area (Å²) < 4.78 is 24.6. The monoisotopic (exact) mass is 282 g/mol. The van der Waals surface area contributed by atoms with Crippen LogP contribution in [0.4, 0.5) is 5.69 Å². The van der Waals surface area contributed by atoms with Gasteiger partial charge in [0.05, 0.1) is 4.92 Å². The van der Waals surface area contributed by atoms with Crippen LogP contribution in [0.5, 0.6) is 0 Å². The molecule has 9 heteroatoms. The Bertz CT molecular complexity index is 751. The SMILES string of the molecule is Cn1cnc(-c2ccc([N+](=O)[O-])c(S(C)(=O)=O)c2)n1. The van der Waals surface area contributed by atoms with E-state index in [0.29, 0.717) is 11.4 Å². The highest BCUT2D eigenvalue weighted by Gasteiger charge is 2.23. The lowest BCUT2D eigenvalue weighted by Crippen LogP contribution is -2.03. The van der Waals surface area contributed by atoms with E-state index in [1.54, 1.807) is 7.05 Å². The molecule has 0 aliphatic heterocycles. The molecule has 0 N–H and O–H groups in total. The molecule has 0 saturated carbocycles. The first-order valence-corrected chi connectivity index (χ1v) is 7.02. The van der Waals surface area contributed by atoms with Gasteiger partial charge in [0.15, 0.2) is 15.7 Å². The van der Waals surface area contributed by atoms with Crippen molar-refractivity contribution in [3.05, 3.63) is 34.6 Å². The van der Waals surface area contributed by atoms with E-state index in [9.17, 15) is 18.5 Å². The molecule has 0 amide bonds. The van der Waals surface area contributed by atoms with Gasteiger partial charge in [-0.15, -0.1) is 0 Å². The molecule has 0 bridgehead atoms. The minimum atomic E-state index is -3.71. The van der Waals surface area contributed by atoms with Crippen molar-refractivity contribution in [3.8, 4) is 11.4 Å². The predicted molar refractivity (Wildman–Crippen MR) is 66.2 cm³/mol. The Morgan fingerprint density at radius 2 is 2.05 bits per heavy atom. The van der Waals surface area contributed by atoms with Gasteiger partial charge in [-0.05, 0) is 12.1 Å². The van der Waals surface area contributed by atoms with Crippen LogP contribution >= 0.6 is 0 Å². The first-order chi connectivity index (χ1) is 8.79. The summed E-state index contributed by atoms with van der Waals surface area (Å²) >= 11 is 0. The quantitative estimate of drug-likeness (QED) is 0.608. The summed E-state index contributed by atoms with van der Waals surface area (Å²) in [5, 5.41) is 14.8. The van der Waals surface area contributed by atoms with E-state index in [4.69, 9.17) is 0 Å². The smallest absolute Gasteiger partial charge is 0.258 e. The van der Waals surface area contributed by atoms with Crippen molar-refractivity contribution in [1.82, 2.24) is 14.8 Å². The second-order valence-corrected chi connectivity index (χ2v) is 5.94. The third-order valence-electron chi connectivity index (χ3n) is 2.41. The summed E-state index contributed by atoms with van der Waals surface area (Å²) in [5.74, 6) is 0.308. The summed E-state index contributed by atoms with van der Waals surface area (Å²) in [4.78, 5) is 13.7. The molecule has 1 aromatic heterocycles. The van der Waals surface area contributed by atoms with Gasteiger partial charge in [0.25, 0.3) is 5.69 Å². The van der Waals surface area contributed by atoms with Crippen molar-refractivity contribution in [1.29, 1.82) is 0 Å². The molecule has 2 rings (SSSR count). The van der Waals surface area contributed by atoms with Crippen molar-refractivity contribution in [2.24, 2.45) is 7.05 Å². The summed E-state index contributed by atoms with van der Waals surface area (Å²) in [6.45, 7) is 0. The lowest BCUT2D eigenvalue weighted by molar-refractivity contribution is -0.387. The molecular formula is C10H10N4O4S. The normalized spacial score (nSPS) is 11.5. The van der Waals surface area contributed by atoms with Crippen molar-refractivity contribution in [2.75, 3.05) is 6.26 Å². The number of hydrogen-bond acceptors (Lipinski definition) is 6. The van der Waals surface area contributed by atoms with E-state index >= 15 is 0 Å². The molecule has 0 atom stereocenters. The van der Waals surface area contributed by atoms with Gasteiger partial charge >= 0.3 is 0 Å². The number of rotatable bonds is 3. The predicted octanol–water partition coefficient (Wildman–Crippen LogP) is 0.794. The second-order valence-electron chi connectivity index (χ2n) is 3.95. The molecule has 0 aliphatic carbocycles. The first-order valence-electron chi connectivity index (χ1n) is 5.13. The number of nitro groups is 1. The summed E-state index contributed by atoms with van der Waals surface area (Å²) in [6, 6.07) is 3.77. The van der Waals surface area contributed by atoms with E-state index in [2.05, 4.69) is 10.1 Å². The average Bonchev–Trinajstić information content (AvgIpc) is 2.74. The van der Waals surface area contributed by atoms with E-state index in [1.807, 2.05) is 0 Å². The summed E-state index contributed by atoms with van der Waals surface area (Å²) in [5.41, 5.74) is -0.0474. The van der Waals surface area contributed by atoms with Crippen LogP contribution in [0.25, 0.3) is 11.4 Å². The van der Waals surface area contributed by atoms with Crippen LogP contribution in [-0.4, -0.2) is 34.4 Å². The van der Waals surface area contributed by atoms with E-state index in [1.165, 1.54) is 23.1 Å². The molecule has 19 heavy (non-hydrogen) atoms. The minimum absolute atomic E-state index is 0.308. The van der Waals surface area contributed by atoms with Crippen molar-refractivity contribution < 1.29 is 13.3 Å². The highest BCUT2D eigenvalue weighted by Crippen LogP contribution is 2.28. The van der Waals surface area contributed by atoms with Crippen LogP contribution in [0.1, 0.15) is 0 Å². The molecule has 2 aromatic rings. The minimum Gasteiger partial charge on any atom is -0.258 e. The zero-order valence-corrected chi connectivity index (χ0v) is 11.0. The Kier molecular flexibility index (Phi) is 3.06. The average molecular weight is 282 g/mol. The van der Waals surface area contributed by atoms with Gasteiger partial charge in [0.1, 0.15) is 11.2 Å². The largest absolute Gasteiger partial charge is 0.288 e. The molecule has 8 nitrogen and oxygen atoms in total. The number of sulfone groups is 1. The van der Waals surface area contributed by atoms with Crippen LogP contribution < -0.4 is 0 Å². The Morgan fingerprint density at radius 3 is 2.53 bits per heavy atom. The molecule has 100 valence electrons. The van der Waals surface area contributed by atoms with E-state index in [0.717, 1.165) is 12.3 Å². The number of hydrogen-bond donors (Lipinski definition) is 0. The third-order valence-corrected chi connectivity index (χ3v) is 3.54. The molecule has 1 heterocycles. The van der Waals surface area contributed by atoms with Crippen LogP contribution in [0.15, 0.2) is 29.4 Å². The fraction of sp³-hybridized carbons (Fsp3) is 0.200. The molecule has 0 radical (unpaired) electrons. The van der Waals surface area contributed by atoms with Gasteiger partial charge < -0.3 is 0 Å². The van der Waals surface area contributed by atoms with E-state index in [-0.39, 0.29) is 4.90 Å². The molecule has 0 fully saturated rings. The molecule has 0 saturated heterocycles. The Labute approximate surface area is 108 Å². The van der Waals surface area contributed by atoms with Crippen LogP contribution in [0.2, 0.25) is 0 Å². The number of nitro benzene ring substituents is 1. The number of benzene rings is 1.